The minimum absolute atomic E-state index is 0. The van der Waals surface area contributed by atoms with Crippen molar-refractivity contribution in [3.05, 3.63) is 0 Å². The second-order valence-electron chi connectivity index (χ2n) is 0.558. The fourth-order valence-electron chi connectivity index (χ4n) is 0. The van der Waals surface area contributed by atoms with Gasteiger partial charge in [0.1, 0.15) is 0 Å². The minimum atomic E-state index is 0. The van der Waals surface area contributed by atoms with E-state index in [1.165, 1.54) is 0 Å². The van der Waals surface area contributed by atoms with E-state index in [1.807, 2.05) is 6.92 Å². The molecule has 0 aromatic heterocycles. The average Bonchev–Trinajstić information content (AvgIpc) is 1.37. The summed E-state index contributed by atoms with van der Waals surface area (Å²) in [6, 6.07) is 0. The summed E-state index contributed by atoms with van der Waals surface area (Å²) in [5.41, 5.74) is 0. The molecule has 0 fully saturated rings. The molecule has 0 aliphatic rings. The molecule has 0 bridgehead atoms. The van der Waals surface area contributed by atoms with Gasteiger partial charge in [-0.25, -0.2) is 0 Å². The van der Waals surface area contributed by atoms with Crippen molar-refractivity contribution in [1.29, 1.82) is 0 Å². The van der Waals surface area contributed by atoms with Gasteiger partial charge in [0.05, 0.1) is 0 Å². The topological polar surface area (TPSA) is 12.0 Å². The standard InChI is InChI=1S/C2H6N.Al.2ClH/c1-2-3;;;/h3H,2H2,1H3;;2*1H/q-1;+3;;/p-2. The van der Waals surface area contributed by atoms with Crippen molar-refractivity contribution in [2.24, 2.45) is 0 Å². The molecule has 4 heteroatoms. The van der Waals surface area contributed by atoms with Crippen LogP contribution in [-0.2, 0) is 0 Å². The van der Waals surface area contributed by atoms with E-state index in [2.05, 4.69) is 20.8 Å². The molecule has 36 valence electrons. The Hall–Kier alpha value is 1.07. The first kappa shape index (κ1) is 15.7. The van der Waals surface area contributed by atoms with Crippen molar-refractivity contribution in [3.8, 4) is 0 Å². The summed E-state index contributed by atoms with van der Waals surface area (Å²) >= 11 is 2.41. The Balaban J connectivity index is -0.0000000450. The average molecular weight is 142 g/mol. The van der Waals surface area contributed by atoms with Crippen molar-refractivity contribution in [1.82, 2.24) is 4.30 Å². The van der Waals surface area contributed by atoms with Gasteiger partial charge in [0.15, 0.2) is 0 Å². The van der Waals surface area contributed by atoms with Crippen LogP contribution in [0.15, 0.2) is 0 Å². The van der Waals surface area contributed by atoms with Crippen molar-refractivity contribution >= 4 is 16.5 Å². The summed E-state index contributed by atoms with van der Waals surface area (Å²) in [6.07, 6.45) is 0. The number of halogens is 2. The van der Waals surface area contributed by atoms with E-state index in [1.54, 1.807) is 0 Å². The number of rotatable bonds is 1. The quantitative estimate of drug-likeness (QED) is 0.359. The molecule has 6 heavy (non-hydrogen) atoms. The maximum Gasteiger partial charge on any atom is -1.00 e. The van der Waals surface area contributed by atoms with E-state index in [9.17, 15) is 0 Å². The largest absolute Gasteiger partial charge is 1.00 e. The normalized spacial score (nSPS) is 5.17. The molecule has 0 heterocycles. The molecule has 0 aliphatic carbocycles. The van der Waals surface area contributed by atoms with Gasteiger partial charge in [0.25, 0.3) is 0 Å². The van der Waals surface area contributed by atoms with Gasteiger partial charge >= 0.3 is 34.3 Å². The molecule has 0 unspecified atom stereocenters. The Bertz CT molecular complexity index is 13.5. The molecule has 0 aliphatic heterocycles. The van der Waals surface area contributed by atoms with Crippen LogP contribution in [0.1, 0.15) is 6.92 Å². The first-order chi connectivity index (χ1) is 1.91. The number of hydrogen-bond donors (Lipinski definition) is 1. The molecular formula is C2H6AlCl2N. The Morgan fingerprint density at radius 1 is 1.50 bits per heavy atom. The SMILES string of the molecule is CC[NH][Al+2].[Cl-].[Cl-]. The van der Waals surface area contributed by atoms with Crippen LogP contribution in [0.3, 0.4) is 0 Å². The Morgan fingerprint density at radius 3 is 1.67 bits per heavy atom. The predicted octanol–water partition coefficient (Wildman–Crippen LogP) is -6.31. The maximum atomic E-state index is 2.85. The van der Waals surface area contributed by atoms with Crippen LogP contribution < -0.4 is 29.1 Å². The molecule has 0 aromatic rings. The van der Waals surface area contributed by atoms with Crippen LogP contribution in [0.4, 0.5) is 0 Å². The molecule has 0 atom stereocenters. The van der Waals surface area contributed by atoms with Crippen LogP contribution in [-0.4, -0.2) is 23.1 Å². The van der Waals surface area contributed by atoms with Gasteiger partial charge < -0.3 is 24.8 Å². The van der Waals surface area contributed by atoms with Crippen LogP contribution in [0, 0.1) is 0 Å². The van der Waals surface area contributed by atoms with E-state index in [4.69, 9.17) is 0 Å². The smallest absolute Gasteiger partial charge is 1.00 e. The molecule has 1 N–H and O–H groups in total. The second-order valence-corrected chi connectivity index (χ2v) is 0.966. The molecule has 0 saturated carbocycles. The van der Waals surface area contributed by atoms with Crippen LogP contribution in [0.2, 0.25) is 0 Å². The van der Waals surface area contributed by atoms with Crippen LogP contribution in [0.5, 0.6) is 0 Å². The Labute approximate surface area is 59.3 Å². The molecule has 0 amide bonds. The fourth-order valence-corrected chi connectivity index (χ4v) is 0. The van der Waals surface area contributed by atoms with Crippen LogP contribution >= 0.6 is 0 Å². The number of hydrogen-bond acceptors (Lipinski definition) is 1. The fraction of sp³-hybridized carbons (Fsp3) is 1.00. The molecule has 0 spiro atoms. The zero-order valence-electron chi connectivity index (χ0n) is 3.54. The molecule has 0 saturated heterocycles. The summed E-state index contributed by atoms with van der Waals surface area (Å²) in [6.45, 7) is 3.08. The van der Waals surface area contributed by atoms with Gasteiger partial charge in [-0.05, 0) is 0 Å². The van der Waals surface area contributed by atoms with Crippen molar-refractivity contribution < 1.29 is 24.8 Å². The van der Waals surface area contributed by atoms with Gasteiger partial charge in [0, 0.05) is 0 Å². The Morgan fingerprint density at radius 2 is 1.67 bits per heavy atom. The zero-order chi connectivity index (χ0) is 3.41. The molecule has 0 radical (unpaired) electrons. The summed E-state index contributed by atoms with van der Waals surface area (Å²) in [7, 11) is 0. The molecule has 1 nitrogen and oxygen atoms in total. The van der Waals surface area contributed by atoms with Gasteiger partial charge in [-0.15, -0.1) is 0 Å². The first-order valence-corrected chi connectivity index (χ1v) is 1.93. The predicted molar refractivity (Wildman–Crippen MR) is 19.4 cm³/mol. The molecule has 0 rings (SSSR count). The van der Waals surface area contributed by atoms with E-state index >= 15 is 0 Å². The number of nitrogens with one attached hydrogen (secondary N) is 1. The monoisotopic (exact) mass is 141 g/mol. The van der Waals surface area contributed by atoms with Crippen molar-refractivity contribution in [2.75, 3.05) is 6.54 Å². The molecule has 0 aromatic carbocycles. The van der Waals surface area contributed by atoms with E-state index in [0.717, 1.165) is 6.54 Å². The summed E-state index contributed by atoms with van der Waals surface area (Å²) in [4.78, 5) is 0. The summed E-state index contributed by atoms with van der Waals surface area (Å²) in [5.74, 6) is 0. The third kappa shape index (κ3) is 19.6. The van der Waals surface area contributed by atoms with E-state index in [0.29, 0.717) is 0 Å². The van der Waals surface area contributed by atoms with Gasteiger partial charge in [-0.2, -0.15) is 0 Å². The minimum Gasteiger partial charge on any atom is -1.00 e. The van der Waals surface area contributed by atoms with Crippen molar-refractivity contribution in [2.45, 2.75) is 6.92 Å². The van der Waals surface area contributed by atoms with Crippen LogP contribution in [0.25, 0.3) is 0 Å². The van der Waals surface area contributed by atoms with Gasteiger partial charge in [-0.3, -0.25) is 0 Å². The van der Waals surface area contributed by atoms with Crippen molar-refractivity contribution in [3.63, 3.8) is 0 Å². The third-order valence-electron chi connectivity index (χ3n) is 0.204. The Kier molecular flexibility index (Phi) is 43.4. The zero-order valence-corrected chi connectivity index (χ0v) is 6.21. The first-order valence-electron chi connectivity index (χ1n) is 1.35. The van der Waals surface area contributed by atoms with E-state index < -0.39 is 0 Å². The maximum absolute atomic E-state index is 2.85. The second kappa shape index (κ2) is 16.6. The third-order valence-corrected chi connectivity index (χ3v) is 0.612. The van der Waals surface area contributed by atoms with Gasteiger partial charge in [0.2, 0.25) is 0 Å². The van der Waals surface area contributed by atoms with Gasteiger partial charge in [-0.1, -0.05) is 0 Å². The summed E-state index contributed by atoms with van der Waals surface area (Å²) in [5, 5.41) is 0. The van der Waals surface area contributed by atoms with E-state index in [-0.39, 0.29) is 24.8 Å². The summed E-state index contributed by atoms with van der Waals surface area (Å²) < 4.78 is 2.85. The molecular weight excluding hydrogens is 136 g/mol.